The molecule has 1 N–H and O–H groups in total. The number of unbranched alkanes of at least 4 members (excludes halogenated alkanes) is 15. The van der Waals surface area contributed by atoms with Crippen molar-refractivity contribution in [2.24, 2.45) is 0 Å². The molecule has 1 rings (SSSR count). The molecule has 220 valence electrons. The van der Waals surface area contributed by atoms with Gasteiger partial charge in [-0.3, -0.25) is 4.79 Å². The first-order valence-electron chi connectivity index (χ1n) is 16.0. The maximum atomic E-state index is 12.0. The largest absolute Gasteiger partial charge is 0.507 e. The Morgan fingerprint density at radius 2 is 1.32 bits per heavy atom. The number of phenolic OH excluding ortho intramolecular Hbond substituents is 1. The lowest BCUT2D eigenvalue weighted by Gasteiger charge is -2.14. The third-order valence-corrected chi connectivity index (χ3v) is 8.50. The highest BCUT2D eigenvalue weighted by molar-refractivity contribution is 7.99. The fourth-order valence-electron chi connectivity index (χ4n) is 5.05. The van der Waals surface area contributed by atoms with Gasteiger partial charge in [0.05, 0.1) is 13.0 Å². The van der Waals surface area contributed by atoms with E-state index in [1.54, 1.807) is 11.8 Å². The summed E-state index contributed by atoms with van der Waals surface area (Å²) in [7, 11) is 0. The van der Waals surface area contributed by atoms with Gasteiger partial charge in [0.1, 0.15) is 5.75 Å². The molecule has 0 bridgehead atoms. The molecule has 0 atom stereocenters. The predicted octanol–water partition coefficient (Wildman–Crippen LogP) is 10.7. The quantitative estimate of drug-likeness (QED) is 0.0975. The van der Waals surface area contributed by atoms with Crippen LogP contribution in [0.15, 0.2) is 12.1 Å². The molecule has 3 nitrogen and oxygen atoms in total. The lowest BCUT2D eigenvalue weighted by Crippen LogP contribution is -2.07. The number of aryl methyl sites for hydroxylation is 2. The van der Waals surface area contributed by atoms with Crippen LogP contribution in [0.1, 0.15) is 159 Å². The van der Waals surface area contributed by atoms with Gasteiger partial charge >= 0.3 is 5.97 Å². The Bertz CT molecular complexity index is 716. The molecule has 0 aliphatic heterocycles. The van der Waals surface area contributed by atoms with Gasteiger partial charge in [-0.25, -0.2) is 0 Å². The molecule has 0 saturated heterocycles. The van der Waals surface area contributed by atoms with Crippen molar-refractivity contribution in [3.63, 3.8) is 0 Å². The van der Waals surface area contributed by atoms with Gasteiger partial charge in [0.15, 0.2) is 0 Å². The van der Waals surface area contributed by atoms with Crippen LogP contribution in [0.3, 0.4) is 0 Å². The molecule has 0 amide bonds. The maximum Gasteiger partial charge on any atom is 0.306 e. The second kappa shape index (κ2) is 23.7. The predicted molar refractivity (Wildman–Crippen MR) is 168 cm³/mol. The highest BCUT2D eigenvalue weighted by Crippen LogP contribution is 2.31. The van der Waals surface area contributed by atoms with Crippen LogP contribution in [0.4, 0.5) is 0 Å². The number of benzene rings is 1. The summed E-state index contributed by atoms with van der Waals surface area (Å²) in [5.74, 6) is 2.55. The molecule has 38 heavy (non-hydrogen) atoms. The molecule has 0 radical (unpaired) electrons. The molecule has 0 aromatic heterocycles. The molecule has 4 heteroatoms. The van der Waals surface area contributed by atoms with Crippen LogP contribution in [0, 0.1) is 6.92 Å². The zero-order chi connectivity index (χ0) is 27.8. The zero-order valence-electron chi connectivity index (χ0n) is 25.5. The monoisotopic (exact) mass is 548 g/mol. The molecule has 1 aromatic rings. The van der Waals surface area contributed by atoms with E-state index >= 15 is 0 Å². The average molecular weight is 549 g/mol. The summed E-state index contributed by atoms with van der Waals surface area (Å²) in [5, 5.41) is 10.5. The fraction of sp³-hybridized carbons (Fsp3) is 0.794. The number of aromatic hydroxyl groups is 1. The highest BCUT2D eigenvalue weighted by Gasteiger charge is 2.11. The van der Waals surface area contributed by atoms with Crippen LogP contribution in [0.25, 0.3) is 0 Å². The maximum absolute atomic E-state index is 12.0. The Morgan fingerprint density at radius 3 is 1.84 bits per heavy atom. The van der Waals surface area contributed by atoms with Gasteiger partial charge in [0, 0.05) is 5.75 Å². The Morgan fingerprint density at radius 1 is 0.789 bits per heavy atom. The third kappa shape index (κ3) is 18.2. The van der Waals surface area contributed by atoms with Gasteiger partial charge in [-0.1, -0.05) is 135 Å². The molecule has 0 heterocycles. The second-order valence-electron chi connectivity index (χ2n) is 11.5. The number of ether oxygens (including phenoxy) is 1. The number of hydrogen-bond acceptors (Lipinski definition) is 4. The van der Waals surface area contributed by atoms with E-state index < -0.39 is 0 Å². The standard InChI is InChI=1S/C34H60O3S/c1-5-6-7-8-9-10-11-12-13-14-15-16-17-18-19-20-24-37-33(35)23-26-38-25-21-22-31-27-30(4)28-32(29(2)3)34(31)36/h27-29,36H,5-26H2,1-4H3. The summed E-state index contributed by atoms with van der Waals surface area (Å²) in [6.07, 6.45) is 24.1. The molecule has 0 spiro atoms. The van der Waals surface area contributed by atoms with E-state index in [1.807, 2.05) is 0 Å². The molecule has 1 aromatic carbocycles. The van der Waals surface area contributed by atoms with E-state index in [1.165, 1.54) is 102 Å². The first-order valence-corrected chi connectivity index (χ1v) is 17.2. The molecule has 0 aliphatic carbocycles. The minimum absolute atomic E-state index is 0.0589. The summed E-state index contributed by atoms with van der Waals surface area (Å²) in [6, 6.07) is 4.19. The Labute approximate surface area is 240 Å². The fourth-order valence-corrected chi connectivity index (χ4v) is 5.91. The lowest BCUT2D eigenvalue weighted by molar-refractivity contribution is -0.143. The van der Waals surface area contributed by atoms with Crippen molar-refractivity contribution in [2.45, 2.75) is 156 Å². The van der Waals surface area contributed by atoms with Crippen molar-refractivity contribution < 1.29 is 14.6 Å². The van der Waals surface area contributed by atoms with Crippen molar-refractivity contribution in [3.05, 3.63) is 28.8 Å². The van der Waals surface area contributed by atoms with E-state index in [0.29, 0.717) is 24.7 Å². The van der Waals surface area contributed by atoms with Crippen LogP contribution in [-0.4, -0.2) is 29.2 Å². The van der Waals surface area contributed by atoms with Crippen LogP contribution in [-0.2, 0) is 16.0 Å². The summed E-state index contributed by atoms with van der Waals surface area (Å²) >= 11 is 1.80. The normalized spacial score (nSPS) is 11.4. The zero-order valence-corrected chi connectivity index (χ0v) is 26.3. The topological polar surface area (TPSA) is 46.5 Å². The summed E-state index contributed by atoms with van der Waals surface area (Å²) in [4.78, 5) is 12.0. The van der Waals surface area contributed by atoms with Crippen molar-refractivity contribution in [1.82, 2.24) is 0 Å². The number of thioether (sulfide) groups is 1. The van der Waals surface area contributed by atoms with Crippen LogP contribution in [0.5, 0.6) is 5.75 Å². The Hall–Kier alpha value is -1.16. The average Bonchev–Trinajstić information content (AvgIpc) is 2.89. The first kappa shape index (κ1) is 34.9. The molecular weight excluding hydrogens is 488 g/mol. The van der Waals surface area contributed by atoms with Gasteiger partial charge in [0.25, 0.3) is 0 Å². The number of carbonyl (C=O) groups excluding carboxylic acids is 1. The van der Waals surface area contributed by atoms with Gasteiger partial charge in [-0.2, -0.15) is 11.8 Å². The molecule has 0 saturated carbocycles. The summed E-state index contributed by atoms with van der Waals surface area (Å²) in [5.41, 5.74) is 3.30. The van der Waals surface area contributed by atoms with Crippen LogP contribution < -0.4 is 0 Å². The molecule has 0 unspecified atom stereocenters. The summed E-state index contributed by atoms with van der Waals surface area (Å²) < 4.78 is 5.42. The first-order chi connectivity index (χ1) is 18.5. The van der Waals surface area contributed by atoms with E-state index in [9.17, 15) is 9.90 Å². The van der Waals surface area contributed by atoms with Gasteiger partial charge < -0.3 is 9.84 Å². The van der Waals surface area contributed by atoms with E-state index in [4.69, 9.17) is 4.74 Å². The number of hydrogen-bond donors (Lipinski definition) is 1. The van der Waals surface area contributed by atoms with Crippen LogP contribution in [0.2, 0.25) is 0 Å². The number of phenols is 1. The van der Waals surface area contributed by atoms with Crippen molar-refractivity contribution >= 4 is 17.7 Å². The van der Waals surface area contributed by atoms with Gasteiger partial charge in [-0.05, 0) is 49.0 Å². The Kier molecular flexibility index (Phi) is 21.7. The minimum Gasteiger partial charge on any atom is -0.507 e. The second-order valence-corrected chi connectivity index (χ2v) is 12.7. The Balaban J connectivity index is 1.87. The minimum atomic E-state index is -0.0589. The molecule has 0 fully saturated rings. The highest BCUT2D eigenvalue weighted by atomic mass is 32.2. The van der Waals surface area contributed by atoms with Crippen LogP contribution >= 0.6 is 11.8 Å². The van der Waals surface area contributed by atoms with Gasteiger partial charge in [0.2, 0.25) is 0 Å². The van der Waals surface area contributed by atoms with Gasteiger partial charge in [-0.15, -0.1) is 0 Å². The molecular formula is C34H60O3S. The van der Waals surface area contributed by atoms with E-state index in [-0.39, 0.29) is 5.97 Å². The smallest absolute Gasteiger partial charge is 0.306 e. The molecule has 0 aliphatic rings. The lowest BCUT2D eigenvalue weighted by atomic mass is 9.95. The third-order valence-electron chi connectivity index (χ3n) is 7.43. The van der Waals surface area contributed by atoms with Crippen molar-refractivity contribution in [1.29, 1.82) is 0 Å². The summed E-state index contributed by atoms with van der Waals surface area (Å²) in [6.45, 7) is 9.19. The van der Waals surface area contributed by atoms with Crippen molar-refractivity contribution in [2.75, 3.05) is 18.1 Å². The number of rotatable bonds is 25. The number of esters is 1. The SMILES string of the molecule is CCCCCCCCCCCCCCCCCCOC(=O)CCSCCCc1cc(C)cc(C(C)C)c1O. The number of carbonyl (C=O) groups is 1. The van der Waals surface area contributed by atoms with E-state index in [0.717, 1.165) is 41.9 Å². The van der Waals surface area contributed by atoms with E-state index in [2.05, 4.69) is 39.8 Å². The van der Waals surface area contributed by atoms with Crippen molar-refractivity contribution in [3.8, 4) is 5.75 Å².